The van der Waals surface area contributed by atoms with Crippen LogP contribution in [0.2, 0.25) is 0 Å². The van der Waals surface area contributed by atoms with Gasteiger partial charge in [-0.1, -0.05) is 29.8 Å². The summed E-state index contributed by atoms with van der Waals surface area (Å²) in [5, 5.41) is 2.95. The average molecular weight is 330 g/mol. The van der Waals surface area contributed by atoms with Gasteiger partial charge >= 0.3 is 6.03 Å². The van der Waals surface area contributed by atoms with Crippen LogP contribution >= 0.6 is 0 Å². The number of hydrogen-bond acceptors (Lipinski definition) is 3. The largest absolute Gasteiger partial charge is 0.376 e. The second kappa shape index (κ2) is 7.79. The number of rotatable bonds is 4. The van der Waals surface area contributed by atoms with Gasteiger partial charge in [-0.3, -0.25) is 4.79 Å². The third kappa shape index (κ3) is 4.15. The highest BCUT2D eigenvalue weighted by Crippen LogP contribution is 2.22. The number of ether oxygens (including phenoxy) is 1. The fraction of sp³-hybridized carbons (Fsp3) is 0.579. The first-order valence-electron chi connectivity index (χ1n) is 8.89. The first kappa shape index (κ1) is 17.0. The lowest BCUT2D eigenvalue weighted by molar-refractivity contribution is 0.0848. The van der Waals surface area contributed by atoms with Crippen molar-refractivity contribution in [3.63, 3.8) is 0 Å². The summed E-state index contributed by atoms with van der Waals surface area (Å²) in [6.45, 7) is 4.68. The van der Waals surface area contributed by atoms with E-state index in [-0.39, 0.29) is 23.8 Å². The normalized spacial score (nSPS) is 21.7. The van der Waals surface area contributed by atoms with Crippen molar-refractivity contribution >= 4 is 11.8 Å². The molecule has 0 aliphatic carbocycles. The number of likely N-dealkylation sites (tertiary alicyclic amines) is 1. The molecule has 1 unspecified atom stereocenters. The maximum absolute atomic E-state index is 12.6. The zero-order valence-electron chi connectivity index (χ0n) is 14.3. The molecule has 1 atom stereocenters. The summed E-state index contributed by atoms with van der Waals surface area (Å²) < 4.78 is 5.52. The summed E-state index contributed by atoms with van der Waals surface area (Å²) >= 11 is 0. The van der Waals surface area contributed by atoms with Gasteiger partial charge in [-0.15, -0.1) is 0 Å². The minimum Gasteiger partial charge on any atom is -0.376 e. The molecule has 2 aliphatic heterocycles. The number of nitrogens with one attached hydrogen (secondary N) is 1. The van der Waals surface area contributed by atoms with Gasteiger partial charge in [0.05, 0.1) is 6.10 Å². The number of urea groups is 1. The molecule has 2 amide bonds. The van der Waals surface area contributed by atoms with E-state index in [1.54, 1.807) is 0 Å². The Morgan fingerprint density at radius 2 is 1.88 bits per heavy atom. The molecule has 24 heavy (non-hydrogen) atoms. The first-order chi connectivity index (χ1) is 11.6. The molecule has 1 aromatic rings. The summed E-state index contributed by atoms with van der Waals surface area (Å²) in [5.41, 5.74) is 1.94. The first-order valence-corrected chi connectivity index (χ1v) is 8.89. The molecular formula is C19H26N2O3. The molecule has 130 valence electrons. The maximum Gasteiger partial charge on any atom is 0.317 e. The Labute approximate surface area is 143 Å². The summed E-state index contributed by atoms with van der Waals surface area (Å²) in [7, 11) is 0. The smallest absolute Gasteiger partial charge is 0.317 e. The van der Waals surface area contributed by atoms with Crippen molar-refractivity contribution in [1.82, 2.24) is 10.2 Å². The average Bonchev–Trinajstić information content (AvgIpc) is 3.13. The number of carbonyl (C=O) groups is 2. The van der Waals surface area contributed by atoms with Gasteiger partial charge in [0, 0.05) is 37.7 Å². The third-order valence-corrected chi connectivity index (χ3v) is 4.99. The monoisotopic (exact) mass is 330 g/mol. The minimum absolute atomic E-state index is 0.0231. The number of piperidine rings is 1. The van der Waals surface area contributed by atoms with E-state index in [9.17, 15) is 9.59 Å². The van der Waals surface area contributed by atoms with Crippen LogP contribution in [-0.4, -0.2) is 49.1 Å². The van der Waals surface area contributed by atoms with E-state index in [2.05, 4.69) is 5.32 Å². The molecule has 5 nitrogen and oxygen atoms in total. The van der Waals surface area contributed by atoms with E-state index in [0.717, 1.165) is 43.4 Å². The van der Waals surface area contributed by atoms with Crippen molar-refractivity contribution < 1.29 is 14.3 Å². The van der Waals surface area contributed by atoms with Crippen LogP contribution in [0.15, 0.2) is 24.3 Å². The summed E-state index contributed by atoms with van der Waals surface area (Å²) in [4.78, 5) is 26.6. The Morgan fingerprint density at radius 1 is 1.17 bits per heavy atom. The number of aryl methyl sites for hydroxylation is 1. The molecule has 0 radical (unpaired) electrons. The predicted octanol–water partition coefficient (Wildman–Crippen LogP) is 2.78. The molecule has 0 aromatic heterocycles. The molecule has 0 saturated carbocycles. The molecule has 2 saturated heterocycles. The number of Topliss-reactive ketones (excluding diaryl/α,β-unsaturated/α-hetero) is 1. The summed E-state index contributed by atoms with van der Waals surface area (Å²) in [5.74, 6) is 0.226. The van der Waals surface area contributed by atoms with Crippen LogP contribution in [0.3, 0.4) is 0 Å². The van der Waals surface area contributed by atoms with E-state index in [4.69, 9.17) is 4.74 Å². The fourth-order valence-electron chi connectivity index (χ4n) is 3.42. The molecule has 5 heteroatoms. The molecule has 3 rings (SSSR count). The van der Waals surface area contributed by atoms with Gasteiger partial charge in [-0.05, 0) is 32.6 Å². The van der Waals surface area contributed by atoms with Crippen LogP contribution in [0, 0.1) is 12.8 Å². The standard InChI is InChI=1S/C19H26N2O3/c1-14-4-6-15(7-5-14)18(22)16-8-10-21(11-9-16)19(23)20-13-17-3-2-12-24-17/h4-7,16-17H,2-3,8-13H2,1H3,(H,20,23). The Kier molecular flexibility index (Phi) is 5.51. The van der Waals surface area contributed by atoms with Crippen LogP contribution in [0.4, 0.5) is 4.79 Å². The molecule has 2 fully saturated rings. The van der Waals surface area contributed by atoms with Crippen molar-refractivity contribution in [2.75, 3.05) is 26.2 Å². The lowest BCUT2D eigenvalue weighted by Gasteiger charge is -2.31. The summed E-state index contributed by atoms with van der Waals surface area (Å²) in [6, 6.07) is 7.71. The van der Waals surface area contributed by atoms with Crippen molar-refractivity contribution in [1.29, 1.82) is 0 Å². The molecule has 0 bridgehead atoms. The van der Waals surface area contributed by atoms with Crippen LogP contribution in [0.5, 0.6) is 0 Å². The highest BCUT2D eigenvalue weighted by atomic mass is 16.5. The number of carbonyl (C=O) groups excluding carboxylic acids is 2. The molecular weight excluding hydrogens is 304 g/mol. The predicted molar refractivity (Wildman–Crippen MR) is 92.2 cm³/mol. The summed E-state index contributed by atoms with van der Waals surface area (Å²) in [6.07, 6.45) is 3.73. The van der Waals surface area contributed by atoms with E-state index >= 15 is 0 Å². The number of amides is 2. The van der Waals surface area contributed by atoms with Gasteiger partial charge in [0.25, 0.3) is 0 Å². The van der Waals surface area contributed by atoms with Gasteiger partial charge in [0.15, 0.2) is 5.78 Å². The molecule has 2 aliphatic rings. The van der Waals surface area contributed by atoms with Gasteiger partial charge < -0.3 is 15.0 Å². The molecule has 1 aromatic carbocycles. The molecule has 0 spiro atoms. The van der Waals surface area contributed by atoms with Gasteiger partial charge in [0.1, 0.15) is 0 Å². The quantitative estimate of drug-likeness (QED) is 0.864. The zero-order chi connectivity index (χ0) is 16.9. The van der Waals surface area contributed by atoms with Crippen molar-refractivity contribution in [2.24, 2.45) is 5.92 Å². The van der Waals surface area contributed by atoms with E-state index < -0.39 is 0 Å². The maximum atomic E-state index is 12.6. The molecule has 2 heterocycles. The topological polar surface area (TPSA) is 58.6 Å². The Bertz CT molecular complexity index is 571. The van der Waals surface area contributed by atoms with Crippen molar-refractivity contribution in [3.8, 4) is 0 Å². The van der Waals surface area contributed by atoms with Gasteiger partial charge in [-0.25, -0.2) is 4.79 Å². The van der Waals surface area contributed by atoms with Gasteiger partial charge in [0.2, 0.25) is 0 Å². The van der Waals surface area contributed by atoms with E-state index in [1.165, 1.54) is 0 Å². The highest BCUT2D eigenvalue weighted by Gasteiger charge is 2.28. The number of benzene rings is 1. The Hall–Kier alpha value is -1.88. The Morgan fingerprint density at radius 3 is 2.50 bits per heavy atom. The minimum atomic E-state index is -0.0354. The van der Waals surface area contributed by atoms with Crippen LogP contribution in [-0.2, 0) is 4.74 Å². The molecule has 1 N–H and O–H groups in total. The number of nitrogens with zero attached hydrogens (tertiary/aromatic N) is 1. The van der Waals surface area contributed by atoms with Crippen molar-refractivity contribution in [2.45, 2.75) is 38.7 Å². The lowest BCUT2D eigenvalue weighted by Crippen LogP contribution is -2.47. The van der Waals surface area contributed by atoms with Crippen LogP contribution in [0.1, 0.15) is 41.6 Å². The van der Waals surface area contributed by atoms with Crippen LogP contribution in [0.25, 0.3) is 0 Å². The third-order valence-electron chi connectivity index (χ3n) is 4.99. The number of hydrogen-bond donors (Lipinski definition) is 1. The van der Waals surface area contributed by atoms with E-state index in [1.807, 2.05) is 36.1 Å². The lowest BCUT2D eigenvalue weighted by atomic mass is 9.89. The number of ketones is 1. The zero-order valence-corrected chi connectivity index (χ0v) is 14.3. The SMILES string of the molecule is Cc1ccc(C(=O)C2CCN(C(=O)NCC3CCCO3)CC2)cc1. The fourth-order valence-corrected chi connectivity index (χ4v) is 3.42. The van der Waals surface area contributed by atoms with Crippen LogP contribution < -0.4 is 5.32 Å². The van der Waals surface area contributed by atoms with Gasteiger partial charge in [-0.2, -0.15) is 0 Å². The van der Waals surface area contributed by atoms with E-state index in [0.29, 0.717) is 19.6 Å². The second-order valence-electron chi connectivity index (χ2n) is 6.81. The Balaban J connectivity index is 1.45. The second-order valence-corrected chi connectivity index (χ2v) is 6.81. The van der Waals surface area contributed by atoms with Crippen molar-refractivity contribution in [3.05, 3.63) is 35.4 Å². The highest BCUT2D eigenvalue weighted by molar-refractivity contribution is 5.98.